The van der Waals surface area contributed by atoms with E-state index >= 15 is 0 Å². The molecule has 1 aromatic rings. The molecule has 0 unspecified atom stereocenters. The fourth-order valence-electron chi connectivity index (χ4n) is 4.05. The fourth-order valence-corrected chi connectivity index (χ4v) is 4.05. The van der Waals surface area contributed by atoms with Crippen LogP contribution >= 0.6 is 0 Å². The molecule has 0 aromatic heterocycles. The number of carboxylic acid groups (broad SMARTS) is 1. The highest BCUT2D eigenvalue weighted by Crippen LogP contribution is 2.50. The van der Waals surface area contributed by atoms with Crippen LogP contribution in [0.4, 0.5) is 4.79 Å². The Balaban J connectivity index is 3.12. The summed E-state index contributed by atoms with van der Waals surface area (Å²) in [6.07, 6.45) is 13.7. The Kier molecular flexibility index (Phi) is 13.6. The van der Waals surface area contributed by atoms with Gasteiger partial charge in [0.2, 0.25) is 11.5 Å². The van der Waals surface area contributed by atoms with Crippen molar-refractivity contribution >= 4 is 6.16 Å². The van der Waals surface area contributed by atoms with Crippen LogP contribution in [0.2, 0.25) is 0 Å². The van der Waals surface area contributed by atoms with E-state index in [9.17, 15) is 9.90 Å². The molecule has 0 saturated heterocycles. The average molecular weight is 439 g/mol. The summed E-state index contributed by atoms with van der Waals surface area (Å²) in [7, 11) is 2.96. The third-order valence-corrected chi connectivity index (χ3v) is 5.71. The SMILES string of the molecule is CCCCCCCCc1c(O)c(OC(=O)O)c(OC)c(OC)c1CCCCCCCC. The molecule has 0 fully saturated rings. The topological polar surface area (TPSA) is 85.2 Å². The van der Waals surface area contributed by atoms with E-state index in [1.807, 2.05) is 0 Å². The number of hydrogen-bond acceptors (Lipinski definition) is 5. The van der Waals surface area contributed by atoms with Crippen molar-refractivity contribution in [2.45, 2.75) is 104 Å². The van der Waals surface area contributed by atoms with Crippen LogP contribution in [-0.2, 0) is 12.8 Å². The molecule has 6 nitrogen and oxygen atoms in total. The summed E-state index contributed by atoms with van der Waals surface area (Å²) in [5.41, 5.74) is 1.62. The highest BCUT2D eigenvalue weighted by Gasteiger charge is 2.27. The van der Waals surface area contributed by atoms with Crippen LogP contribution in [0.3, 0.4) is 0 Å². The summed E-state index contributed by atoms with van der Waals surface area (Å²) in [4.78, 5) is 11.2. The number of ether oxygens (including phenoxy) is 3. The molecule has 1 aromatic carbocycles. The predicted octanol–water partition coefficient (Wildman–Crippen LogP) is 7.27. The van der Waals surface area contributed by atoms with Gasteiger partial charge in [-0.3, -0.25) is 0 Å². The molecule has 0 radical (unpaired) electrons. The number of carbonyl (C=O) groups is 1. The zero-order valence-corrected chi connectivity index (χ0v) is 19.9. The van der Waals surface area contributed by atoms with Gasteiger partial charge in [0.05, 0.1) is 14.2 Å². The lowest BCUT2D eigenvalue weighted by Crippen LogP contribution is -2.09. The van der Waals surface area contributed by atoms with Gasteiger partial charge in [-0.1, -0.05) is 78.1 Å². The van der Waals surface area contributed by atoms with Crippen molar-refractivity contribution in [1.29, 1.82) is 0 Å². The quantitative estimate of drug-likeness (QED) is 0.151. The Morgan fingerprint density at radius 2 is 1.13 bits per heavy atom. The lowest BCUT2D eigenvalue weighted by molar-refractivity contribution is 0.140. The Morgan fingerprint density at radius 1 is 0.677 bits per heavy atom. The van der Waals surface area contributed by atoms with Crippen LogP contribution in [0.25, 0.3) is 0 Å². The summed E-state index contributed by atoms with van der Waals surface area (Å²) in [6.45, 7) is 4.40. The van der Waals surface area contributed by atoms with Crippen molar-refractivity contribution in [2.75, 3.05) is 14.2 Å². The van der Waals surface area contributed by atoms with Crippen LogP contribution in [0.15, 0.2) is 0 Å². The van der Waals surface area contributed by atoms with E-state index in [1.54, 1.807) is 7.11 Å². The summed E-state index contributed by atoms with van der Waals surface area (Å²) >= 11 is 0. The number of aromatic hydroxyl groups is 1. The molecule has 0 aliphatic rings. The number of hydrogen-bond donors (Lipinski definition) is 2. The highest BCUT2D eigenvalue weighted by molar-refractivity contribution is 5.72. The number of unbranched alkanes of at least 4 members (excludes halogenated alkanes) is 10. The van der Waals surface area contributed by atoms with Crippen LogP contribution in [-0.4, -0.2) is 30.6 Å². The van der Waals surface area contributed by atoms with Crippen molar-refractivity contribution in [3.63, 3.8) is 0 Å². The van der Waals surface area contributed by atoms with Crippen molar-refractivity contribution in [3.05, 3.63) is 11.1 Å². The second kappa shape index (κ2) is 15.7. The molecule has 0 aliphatic heterocycles. The Bertz CT molecular complexity index is 656. The molecule has 0 saturated carbocycles. The molecular weight excluding hydrogens is 396 g/mol. The van der Waals surface area contributed by atoms with Crippen molar-refractivity contribution < 1.29 is 29.2 Å². The van der Waals surface area contributed by atoms with E-state index in [-0.39, 0.29) is 17.2 Å². The van der Waals surface area contributed by atoms with Crippen molar-refractivity contribution in [3.8, 4) is 23.0 Å². The molecule has 0 heterocycles. The summed E-state index contributed by atoms with van der Waals surface area (Å²) in [6, 6.07) is 0. The van der Waals surface area contributed by atoms with E-state index in [0.29, 0.717) is 12.2 Å². The lowest BCUT2D eigenvalue weighted by atomic mass is 9.93. The number of methoxy groups -OCH3 is 2. The monoisotopic (exact) mass is 438 g/mol. The predicted molar refractivity (Wildman–Crippen MR) is 124 cm³/mol. The Hall–Kier alpha value is -2.11. The van der Waals surface area contributed by atoms with Gasteiger partial charge in [-0.2, -0.15) is 0 Å². The molecule has 0 spiro atoms. The smallest absolute Gasteiger partial charge is 0.504 e. The summed E-state index contributed by atoms with van der Waals surface area (Å²) in [5, 5.41) is 20.1. The molecule has 2 N–H and O–H groups in total. The second-order valence-electron chi connectivity index (χ2n) is 8.10. The van der Waals surface area contributed by atoms with Gasteiger partial charge in [0.1, 0.15) is 0 Å². The third kappa shape index (κ3) is 8.88. The molecule has 31 heavy (non-hydrogen) atoms. The normalized spacial score (nSPS) is 10.8. The van der Waals surface area contributed by atoms with E-state index in [1.165, 1.54) is 52.1 Å². The minimum atomic E-state index is -1.50. The highest BCUT2D eigenvalue weighted by atomic mass is 16.7. The van der Waals surface area contributed by atoms with Crippen molar-refractivity contribution in [1.82, 2.24) is 0 Å². The molecule has 6 heteroatoms. The van der Waals surface area contributed by atoms with E-state index in [2.05, 4.69) is 13.8 Å². The zero-order chi connectivity index (χ0) is 23.1. The van der Waals surface area contributed by atoms with E-state index in [4.69, 9.17) is 19.3 Å². The van der Waals surface area contributed by atoms with Gasteiger partial charge in [0, 0.05) is 11.1 Å². The van der Waals surface area contributed by atoms with Gasteiger partial charge in [0.15, 0.2) is 11.5 Å². The molecular formula is C25H42O6. The second-order valence-corrected chi connectivity index (χ2v) is 8.10. The van der Waals surface area contributed by atoms with Gasteiger partial charge >= 0.3 is 6.16 Å². The molecule has 178 valence electrons. The van der Waals surface area contributed by atoms with Gasteiger partial charge < -0.3 is 24.4 Å². The maximum atomic E-state index is 11.2. The molecule has 0 bridgehead atoms. The van der Waals surface area contributed by atoms with Crippen LogP contribution in [0, 0.1) is 0 Å². The first-order chi connectivity index (χ1) is 15.0. The Morgan fingerprint density at radius 3 is 1.58 bits per heavy atom. The van der Waals surface area contributed by atoms with Gasteiger partial charge in [-0.15, -0.1) is 0 Å². The maximum absolute atomic E-state index is 11.2. The number of rotatable bonds is 17. The van der Waals surface area contributed by atoms with E-state index < -0.39 is 6.16 Å². The third-order valence-electron chi connectivity index (χ3n) is 5.71. The van der Waals surface area contributed by atoms with Crippen LogP contribution in [0.1, 0.15) is 102 Å². The minimum Gasteiger partial charge on any atom is -0.504 e. The van der Waals surface area contributed by atoms with Crippen LogP contribution < -0.4 is 14.2 Å². The standard InChI is InChI=1S/C25H42O6/c1-5-7-9-11-13-15-17-19-20(18-16-14-12-10-8-6-2)22(29-3)24(30-4)23(21(19)26)31-25(27)28/h26H,5-18H2,1-4H3,(H,27,28). The lowest BCUT2D eigenvalue weighted by Gasteiger charge is -2.21. The van der Waals surface area contributed by atoms with Gasteiger partial charge in [0.25, 0.3) is 0 Å². The summed E-state index contributed by atoms with van der Waals surface area (Å²) in [5.74, 6) is 0.273. The fraction of sp³-hybridized carbons (Fsp3) is 0.720. The minimum absolute atomic E-state index is 0.134. The molecule has 0 amide bonds. The maximum Gasteiger partial charge on any atom is 0.511 e. The van der Waals surface area contributed by atoms with Crippen LogP contribution in [0.5, 0.6) is 23.0 Å². The number of phenolic OH excluding ortho intramolecular Hbond substituents is 1. The van der Waals surface area contributed by atoms with Crippen molar-refractivity contribution in [2.24, 2.45) is 0 Å². The van der Waals surface area contributed by atoms with E-state index in [0.717, 1.165) is 49.7 Å². The number of benzene rings is 1. The first kappa shape index (κ1) is 26.9. The molecule has 1 rings (SSSR count). The zero-order valence-electron chi connectivity index (χ0n) is 19.9. The molecule has 0 atom stereocenters. The van der Waals surface area contributed by atoms with Gasteiger partial charge in [-0.05, 0) is 25.7 Å². The largest absolute Gasteiger partial charge is 0.511 e. The summed E-state index contributed by atoms with van der Waals surface area (Å²) < 4.78 is 15.9. The first-order valence-electron chi connectivity index (χ1n) is 11.9. The number of phenols is 1. The Labute approximate surface area is 187 Å². The van der Waals surface area contributed by atoms with Gasteiger partial charge in [-0.25, -0.2) is 4.79 Å². The average Bonchev–Trinajstić information content (AvgIpc) is 2.75. The first-order valence-corrected chi connectivity index (χ1v) is 11.9. The molecule has 0 aliphatic carbocycles.